The summed E-state index contributed by atoms with van der Waals surface area (Å²) in [5, 5.41) is 3.73. The van der Waals surface area contributed by atoms with Crippen molar-refractivity contribution in [3.8, 4) is 0 Å². The third kappa shape index (κ3) is 3.27. The molecule has 0 aliphatic heterocycles. The second-order valence-electron chi connectivity index (χ2n) is 7.05. The van der Waals surface area contributed by atoms with Crippen molar-refractivity contribution < 1.29 is 4.74 Å². The molecule has 0 atom stereocenters. The molecule has 3 rings (SSSR count). The van der Waals surface area contributed by atoms with Crippen molar-refractivity contribution in [1.82, 2.24) is 5.32 Å². The Labute approximate surface area is 112 Å². The Balaban J connectivity index is 1.57. The van der Waals surface area contributed by atoms with Crippen LogP contribution in [0.2, 0.25) is 0 Å². The molecule has 3 aliphatic carbocycles. The molecule has 0 heterocycles. The Morgan fingerprint density at radius 3 is 2.28 bits per heavy atom. The van der Waals surface area contributed by atoms with E-state index < -0.39 is 0 Å². The summed E-state index contributed by atoms with van der Waals surface area (Å²) in [6.45, 7) is 3.51. The molecule has 0 bridgehead atoms. The minimum absolute atomic E-state index is 0.185. The highest BCUT2D eigenvalue weighted by Crippen LogP contribution is 2.38. The Kier molecular flexibility index (Phi) is 3.95. The molecule has 18 heavy (non-hydrogen) atoms. The van der Waals surface area contributed by atoms with E-state index in [2.05, 4.69) is 12.2 Å². The Morgan fingerprint density at radius 1 is 1.00 bits per heavy atom. The number of nitrogens with one attached hydrogen (secondary N) is 1. The smallest absolute Gasteiger partial charge is 0.0810 e. The minimum Gasteiger partial charge on any atom is -0.370 e. The lowest BCUT2D eigenvalue weighted by atomic mass is 9.79. The van der Waals surface area contributed by atoms with E-state index in [9.17, 15) is 0 Å². The number of rotatable bonds is 5. The summed E-state index contributed by atoms with van der Waals surface area (Å²) in [6.07, 6.45) is 14.0. The topological polar surface area (TPSA) is 21.3 Å². The maximum Gasteiger partial charge on any atom is 0.0810 e. The second kappa shape index (κ2) is 5.50. The lowest BCUT2D eigenvalue weighted by Crippen LogP contribution is -2.48. The summed E-state index contributed by atoms with van der Waals surface area (Å²) in [5.41, 5.74) is 0.185. The zero-order chi connectivity index (χ0) is 12.4. The van der Waals surface area contributed by atoms with Gasteiger partial charge in [0.1, 0.15) is 0 Å². The Morgan fingerprint density at radius 2 is 1.67 bits per heavy atom. The fourth-order valence-electron chi connectivity index (χ4n) is 3.60. The average molecular weight is 251 g/mol. The van der Waals surface area contributed by atoms with E-state index >= 15 is 0 Å². The third-order valence-corrected chi connectivity index (χ3v) is 5.19. The van der Waals surface area contributed by atoms with Crippen molar-refractivity contribution in [2.45, 2.75) is 88.9 Å². The van der Waals surface area contributed by atoms with E-state index in [-0.39, 0.29) is 5.60 Å². The molecule has 1 N–H and O–H groups in total. The monoisotopic (exact) mass is 251 g/mol. The van der Waals surface area contributed by atoms with E-state index in [0.29, 0.717) is 6.10 Å². The predicted molar refractivity (Wildman–Crippen MR) is 74.7 cm³/mol. The lowest BCUT2D eigenvalue weighted by molar-refractivity contribution is -0.114. The maximum absolute atomic E-state index is 6.60. The fraction of sp³-hybridized carbons (Fsp3) is 1.00. The molecule has 0 aromatic heterocycles. The van der Waals surface area contributed by atoms with E-state index in [1.54, 1.807) is 0 Å². The zero-order valence-corrected chi connectivity index (χ0v) is 11.9. The summed E-state index contributed by atoms with van der Waals surface area (Å²) in [4.78, 5) is 0. The van der Waals surface area contributed by atoms with Crippen LogP contribution >= 0.6 is 0 Å². The molecule has 2 nitrogen and oxygen atoms in total. The van der Waals surface area contributed by atoms with Crippen molar-refractivity contribution in [2.24, 2.45) is 5.92 Å². The van der Waals surface area contributed by atoms with Crippen molar-refractivity contribution in [3.05, 3.63) is 0 Å². The molecular weight excluding hydrogens is 222 g/mol. The largest absolute Gasteiger partial charge is 0.370 e. The van der Waals surface area contributed by atoms with Crippen molar-refractivity contribution in [1.29, 1.82) is 0 Å². The standard InChI is InChI=1S/C16H29NO/c1-13-8-10-16(11-9-13,12-17-14-6-7-14)18-15-4-2-3-5-15/h13-15,17H,2-12H2,1H3. The quantitative estimate of drug-likeness (QED) is 0.805. The van der Waals surface area contributed by atoms with Crippen LogP contribution < -0.4 is 5.32 Å². The molecule has 0 unspecified atom stereocenters. The summed E-state index contributed by atoms with van der Waals surface area (Å²) in [5.74, 6) is 0.909. The van der Waals surface area contributed by atoms with Gasteiger partial charge in [-0.1, -0.05) is 19.8 Å². The summed E-state index contributed by atoms with van der Waals surface area (Å²) in [6, 6.07) is 0.813. The van der Waals surface area contributed by atoms with Gasteiger partial charge in [0.05, 0.1) is 11.7 Å². The van der Waals surface area contributed by atoms with Gasteiger partial charge in [-0.3, -0.25) is 0 Å². The highest BCUT2D eigenvalue weighted by Gasteiger charge is 2.38. The maximum atomic E-state index is 6.60. The van der Waals surface area contributed by atoms with Crippen molar-refractivity contribution in [3.63, 3.8) is 0 Å². The highest BCUT2D eigenvalue weighted by atomic mass is 16.5. The number of hydrogen-bond acceptors (Lipinski definition) is 2. The molecule has 3 fully saturated rings. The third-order valence-electron chi connectivity index (χ3n) is 5.19. The van der Waals surface area contributed by atoms with Crippen LogP contribution in [-0.4, -0.2) is 24.3 Å². The van der Waals surface area contributed by atoms with Crippen LogP contribution in [0.3, 0.4) is 0 Å². The molecule has 104 valence electrons. The minimum atomic E-state index is 0.185. The molecule has 0 spiro atoms. The van der Waals surface area contributed by atoms with Crippen LogP contribution in [0.4, 0.5) is 0 Å². The van der Waals surface area contributed by atoms with Crippen LogP contribution in [0.25, 0.3) is 0 Å². The molecule has 0 amide bonds. The van der Waals surface area contributed by atoms with Gasteiger partial charge in [0, 0.05) is 12.6 Å². The first-order valence-electron chi connectivity index (χ1n) is 8.17. The first-order valence-corrected chi connectivity index (χ1v) is 8.17. The molecule has 0 aromatic carbocycles. The van der Waals surface area contributed by atoms with Gasteiger partial charge < -0.3 is 10.1 Å². The Hall–Kier alpha value is -0.0800. The molecule has 2 heteroatoms. The zero-order valence-electron chi connectivity index (χ0n) is 11.9. The first kappa shape index (κ1) is 12.9. The van der Waals surface area contributed by atoms with Gasteiger partial charge in [-0.05, 0) is 57.3 Å². The highest BCUT2D eigenvalue weighted by molar-refractivity contribution is 4.93. The molecule has 0 saturated heterocycles. The van der Waals surface area contributed by atoms with Gasteiger partial charge in [-0.25, -0.2) is 0 Å². The van der Waals surface area contributed by atoms with Crippen LogP contribution in [0.5, 0.6) is 0 Å². The molecular formula is C16H29NO. The SMILES string of the molecule is CC1CCC(CNC2CC2)(OC2CCCC2)CC1. The summed E-state index contributed by atoms with van der Waals surface area (Å²) < 4.78 is 6.60. The summed E-state index contributed by atoms with van der Waals surface area (Å²) >= 11 is 0. The average Bonchev–Trinajstić information content (AvgIpc) is 3.08. The van der Waals surface area contributed by atoms with E-state index in [4.69, 9.17) is 4.74 Å². The van der Waals surface area contributed by atoms with Gasteiger partial charge in [-0.2, -0.15) is 0 Å². The normalized spacial score (nSPS) is 38.2. The van der Waals surface area contributed by atoms with Crippen LogP contribution in [0, 0.1) is 5.92 Å². The van der Waals surface area contributed by atoms with E-state index in [1.807, 2.05) is 0 Å². The number of ether oxygens (including phenoxy) is 1. The van der Waals surface area contributed by atoms with Crippen molar-refractivity contribution in [2.75, 3.05) is 6.54 Å². The van der Waals surface area contributed by atoms with Gasteiger partial charge in [-0.15, -0.1) is 0 Å². The van der Waals surface area contributed by atoms with Crippen LogP contribution in [-0.2, 0) is 4.74 Å². The first-order chi connectivity index (χ1) is 8.76. The lowest BCUT2D eigenvalue weighted by Gasteiger charge is -2.41. The molecule has 0 radical (unpaired) electrons. The molecule has 3 saturated carbocycles. The fourth-order valence-corrected chi connectivity index (χ4v) is 3.60. The van der Waals surface area contributed by atoms with Gasteiger partial charge in [0.2, 0.25) is 0 Å². The van der Waals surface area contributed by atoms with Crippen LogP contribution in [0.15, 0.2) is 0 Å². The Bertz CT molecular complexity index is 260. The van der Waals surface area contributed by atoms with Crippen LogP contribution in [0.1, 0.15) is 71.1 Å². The van der Waals surface area contributed by atoms with Crippen molar-refractivity contribution >= 4 is 0 Å². The van der Waals surface area contributed by atoms with E-state index in [1.165, 1.54) is 64.2 Å². The second-order valence-corrected chi connectivity index (χ2v) is 7.05. The summed E-state index contributed by atoms with van der Waals surface area (Å²) in [7, 11) is 0. The molecule has 0 aromatic rings. The number of hydrogen-bond donors (Lipinski definition) is 1. The van der Waals surface area contributed by atoms with Gasteiger partial charge >= 0.3 is 0 Å². The van der Waals surface area contributed by atoms with Gasteiger partial charge in [0.25, 0.3) is 0 Å². The predicted octanol–water partition coefficient (Wildman–Crippen LogP) is 3.65. The molecule has 3 aliphatic rings. The van der Waals surface area contributed by atoms with Gasteiger partial charge in [0.15, 0.2) is 0 Å². The van der Waals surface area contributed by atoms with E-state index in [0.717, 1.165) is 18.5 Å².